The van der Waals surface area contributed by atoms with Gasteiger partial charge < -0.3 is 4.90 Å². The Labute approximate surface area is 120 Å². The van der Waals surface area contributed by atoms with Crippen LogP contribution in [-0.4, -0.2) is 18.0 Å². The van der Waals surface area contributed by atoms with Crippen molar-refractivity contribution in [3.05, 3.63) is 65.4 Å². The highest BCUT2D eigenvalue weighted by atomic mass is 15.1. The first kappa shape index (κ1) is 11.8. The molecule has 0 radical (unpaired) electrons. The molecule has 1 nitrogen and oxygen atoms in total. The van der Waals surface area contributed by atoms with Gasteiger partial charge >= 0.3 is 0 Å². The first-order chi connectivity index (χ1) is 9.68. The van der Waals surface area contributed by atoms with Gasteiger partial charge in [0.15, 0.2) is 0 Å². The van der Waals surface area contributed by atoms with Crippen molar-refractivity contribution in [2.24, 2.45) is 0 Å². The molecule has 0 fully saturated rings. The van der Waals surface area contributed by atoms with Crippen LogP contribution in [0, 0.1) is 6.92 Å². The Morgan fingerprint density at radius 2 is 1.60 bits per heavy atom. The highest BCUT2D eigenvalue weighted by molar-refractivity contribution is 5.92. The van der Waals surface area contributed by atoms with E-state index in [1.807, 2.05) is 0 Å². The summed E-state index contributed by atoms with van der Waals surface area (Å²) >= 11 is 0. The summed E-state index contributed by atoms with van der Waals surface area (Å²) in [6.07, 6.45) is 2.34. The zero-order chi connectivity index (χ0) is 13.9. The molecule has 0 saturated carbocycles. The van der Waals surface area contributed by atoms with Crippen LogP contribution < -0.4 is 0 Å². The lowest BCUT2D eigenvalue weighted by Gasteiger charge is -2.32. The molecule has 2 aromatic carbocycles. The molecule has 0 amide bonds. The largest absolute Gasteiger partial charge is 0.377 e. The number of rotatable bonds is 0. The maximum absolute atomic E-state index is 2.36. The second kappa shape index (κ2) is 3.99. The second-order valence-electron chi connectivity index (χ2n) is 6.05. The lowest BCUT2D eigenvalue weighted by Crippen LogP contribution is -2.26. The Morgan fingerprint density at radius 1 is 0.900 bits per heavy atom. The fraction of sp³-hybridized carbons (Fsp3) is 0.263. The number of aryl methyl sites for hydroxylation is 1. The molecule has 2 aliphatic rings. The van der Waals surface area contributed by atoms with Crippen LogP contribution in [-0.2, 0) is 0 Å². The third-order valence-electron chi connectivity index (χ3n) is 4.97. The summed E-state index contributed by atoms with van der Waals surface area (Å²) in [5, 5.41) is 0. The summed E-state index contributed by atoms with van der Waals surface area (Å²) in [5.41, 5.74) is 8.63. The van der Waals surface area contributed by atoms with Crippen molar-refractivity contribution in [2.75, 3.05) is 7.05 Å². The van der Waals surface area contributed by atoms with Crippen LogP contribution in [0.5, 0.6) is 0 Å². The van der Waals surface area contributed by atoms with E-state index in [0.717, 1.165) is 0 Å². The molecule has 1 aliphatic heterocycles. The molecule has 0 N–H and O–H groups in total. The van der Waals surface area contributed by atoms with E-state index in [-0.39, 0.29) is 0 Å². The predicted molar refractivity (Wildman–Crippen MR) is 84.6 cm³/mol. The van der Waals surface area contributed by atoms with Gasteiger partial charge in [-0.15, -0.1) is 0 Å². The Kier molecular flexibility index (Phi) is 2.35. The maximum atomic E-state index is 2.36. The van der Waals surface area contributed by atoms with E-state index in [4.69, 9.17) is 0 Å². The van der Waals surface area contributed by atoms with Gasteiger partial charge in [0.2, 0.25) is 0 Å². The van der Waals surface area contributed by atoms with Gasteiger partial charge in [-0.2, -0.15) is 0 Å². The molecule has 1 heteroatoms. The van der Waals surface area contributed by atoms with Crippen LogP contribution in [0.25, 0.3) is 16.7 Å². The third-order valence-corrected chi connectivity index (χ3v) is 4.97. The van der Waals surface area contributed by atoms with Gasteiger partial charge in [-0.05, 0) is 47.2 Å². The van der Waals surface area contributed by atoms with Crippen LogP contribution in [0.1, 0.15) is 29.5 Å². The minimum atomic E-state index is 0.506. The number of nitrogens with zero attached hydrogens (tertiary/aromatic N) is 1. The quantitative estimate of drug-likeness (QED) is 0.678. The van der Waals surface area contributed by atoms with Crippen LogP contribution in [0.4, 0.5) is 0 Å². The average Bonchev–Trinajstić information content (AvgIpc) is 2.76. The number of fused-ring (bicyclic) bond motifs is 6. The first-order valence-electron chi connectivity index (χ1n) is 7.31. The summed E-state index contributed by atoms with van der Waals surface area (Å²) in [6.45, 7) is 4.58. The standard InChI is InChI=1S/C19H19N/c1-12-7-6-10-16-14-8-4-5-9-15(14)17-11-20(3)13(2)19(17)18(12)16/h4-11,13,19H,1-3H3/t13-,19?/m1/s1. The zero-order valence-corrected chi connectivity index (χ0v) is 12.2. The normalized spacial score (nSPS) is 22.9. The van der Waals surface area contributed by atoms with Crippen molar-refractivity contribution in [3.63, 3.8) is 0 Å². The average molecular weight is 261 g/mol. The van der Waals surface area contributed by atoms with Crippen molar-refractivity contribution in [1.82, 2.24) is 4.90 Å². The van der Waals surface area contributed by atoms with Crippen LogP contribution in [0.3, 0.4) is 0 Å². The summed E-state index contributed by atoms with van der Waals surface area (Å²) in [4.78, 5) is 2.36. The molecule has 0 saturated heterocycles. The van der Waals surface area contributed by atoms with E-state index in [1.54, 1.807) is 0 Å². The number of likely N-dealkylation sites (N-methyl/N-ethyl adjacent to an activating group) is 1. The van der Waals surface area contributed by atoms with Crippen molar-refractivity contribution in [1.29, 1.82) is 0 Å². The van der Waals surface area contributed by atoms with Gasteiger partial charge in [-0.1, -0.05) is 42.5 Å². The number of benzene rings is 2. The van der Waals surface area contributed by atoms with Gasteiger partial charge in [0.05, 0.1) is 0 Å². The summed E-state index contributed by atoms with van der Waals surface area (Å²) in [7, 11) is 2.19. The van der Waals surface area contributed by atoms with Crippen molar-refractivity contribution in [2.45, 2.75) is 25.8 Å². The van der Waals surface area contributed by atoms with E-state index < -0.39 is 0 Å². The Morgan fingerprint density at radius 3 is 2.40 bits per heavy atom. The molecule has 0 bridgehead atoms. The maximum Gasteiger partial charge on any atom is 0.0363 e. The van der Waals surface area contributed by atoms with E-state index in [1.165, 1.54) is 33.4 Å². The molecule has 1 heterocycles. The lowest BCUT2D eigenvalue weighted by molar-refractivity contribution is 0.360. The third kappa shape index (κ3) is 1.38. The summed E-state index contributed by atoms with van der Waals surface area (Å²) in [6, 6.07) is 16.1. The molecule has 4 rings (SSSR count). The van der Waals surface area contributed by atoms with E-state index in [2.05, 4.69) is 74.5 Å². The molecular formula is C19H19N. The monoisotopic (exact) mass is 261 g/mol. The SMILES string of the molecule is Cc1cccc2c1C1C(=CN(C)[C@@H]1C)c1ccccc1-2. The van der Waals surface area contributed by atoms with Crippen molar-refractivity contribution >= 4 is 5.57 Å². The van der Waals surface area contributed by atoms with E-state index in [9.17, 15) is 0 Å². The minimum Gasteiger partial charge on any atom is -0.377 e. The Hall–Kier alpha value is -2.02. The Bertz CT molecular complexity index is 726. The molecule has 1 unspecified atom stereocenters. The highest BCUT2D eigenvalue weighted by Gasteiger charge is 2.38. The predicted octanol–water partition coefficient (Wildman–Crippen LogP) is 4.43. The molecule has 2 atom stereocenters. The smallest absolute Gasteiger partial charge is 0.0363 e. The van der Waals surface area contributed by atoms with Crippen molar-refractivity contribution in [3.8, 4) is 11.1 Å². The van der Waals surface area contributed by atoms with Crippen molar-refractivity contribution < 1.29 is 0 Å². The minimum absolute atomic E-state index is 0.506. The zero-order valence-electron chi connectivity index (χ0n) is 12.2. The topological polar surface area (TPSA) is 3.24 Å². The first-order valence-corrected chi connectivity index (χ1v) is 7.31. The van der Waals surface area contributed by atoms with Gasteiger partial charge in [0.1, 0.15) is 0 Å². The molecule has 100 valence electrons. The van der Waals surface area contributed by atoms with Crippen LogP contribution in [0.15, 0.2) is 48.7 Å². The van der Waals surface area contributed by atoms with Gasteiger partial charge in [-0.3, -0.25) is 0 Å². The molecule has 0 aromatic heterocycles. The summed E-state index contributed by atoms with van der Waals surface area (Å²) in [5.74, 6) is 0.506. The number of hydrogen-bond donors (Lipinski definition) is 0. The fourth-order valence-corrected chi connectivity index (χ4v) is 3.84. The van der Waals surface area contributed by atoms with Gasteiger partial charge in [0.25, 0.3) is 0 Å². The molecule has 0 spiro atoms. The number of hydrogen-bond acceptors (Lipinski definition) is 1. The highest BCUT2D eigenvalue weighted by Crippen LogP contribution is 2.52. The summed E-state index contributed by atoms with van der Waals surface area (Å²) < 4.78 is 0. The van der Waals surface area contributed by atoms with Crippen LogP contribution >= 0.6 is 0 Å². The van der Waals surface area contributed by atoms with E-state index >= 15 is 0 Å². The Balaban J connectivity index is 2.10. The fourth-order valence-electron chi connectivity index (χ4n) is 3.84. The van der Waals surface area contributed by atoms with Gasteiger partial charge in [0, 0.05) is 25.2 Å². The lowest BCUT2D eigenvalue weighted by atomic mass is 9.73. The van der Waals surface area contributed by atoms with Gasteiger partial charge in [-0.25, -0.2) is 0 Å². The molecule has 2 aromatic rings. The van der Waals surface area contributed by atoms with Crippen LogP contribution in [0.2, 0.25) is 0 Å². The second-order valence-corrected chi connectivity index (χ2v) is 6.05. The molecular weight excluding hydrogens is 242 g/mol. The molecule has 20 heavy (non-hydrogen) atoms. The van der Waals surface area contributed by atoms with E-state index in [0.29, 0.717) is 12.0 Å². The molecule has 1 aliphatic carbocycles.